The molecule has 74 valence electrons. The van der Waals surface area contributed by atoms with Crippen molar-refractivity contribution in [2.24, 2.45) is 0 Å². The molecule has 2 nitrogen and oxygen atoms in total. The molecule has 0 aromatic rings. The lowest BCUT2D eigenvalue weighted by atomic mass is 9.89. The zero-order valence-corrected chi connectivity index (χ0v) is 8.76. The lowest BCUT2D eigenvalue weighted by Crippen LogP contribution is -2.16. The Morgan fingerprint density at radius 3 is 2.50 bits per heavy atom. The van der Waals surface area contributed by atoms with Crippen LogP contribution in [0.4, 0.5) is 0 Å². The van der Waals surface area contributed by atoms with Crippen molar-refractivity contribution in [3.63, 3.8) is 0 Å². The van der Waals surface area contributed by atoms with Gasteiger partial charge in [0.1, 0.15) is 0 Å². The molecule has 2 heteroatoms. The molecule has 0 aromatic heterocycles. The molecule has 0 amide bonds. The molecule has 0 aliphatic heterocycles. The average Bonchev–Trinajstić information content (AvgIpc) is 2.14. The number of carbonyl (C=O) groups is 2. The van der Waals surface area contributed by atoms with Gasteiger partial charge in [-0.2, -0.15) is 0 Å². The van der Waals surface area contributed by atoms with E-state index in [2.05, 4.69) is 0 Å². The third kappa shape index (κ3) is 1.90. The summed E-state index contributed by atoms with van der Waals surface area (Å²) in [5.41, 5.74) is 1.75. The summed E-state index contributed by atoms with van der Waals surface area (Å²) in [7, 11) is 0. The SMILES string of the molecule is CC=CCC1=C(C)C(=O)C(C)=CC1=O. The number of allylic oxidation sites excluding steroid dienone is 6. The van der Waals surface area contributed by atoms with Crippen LogP contribution in [0.2, 0.25) is 0 Å². The second-order valence-corrected chi connectivity index (χ2v) is 3.40. The molecule has 0 heterocycles. The van der Waals surface area contributed by atoms with Gasteiger partial charge in [0.2, 0.25) is 0 Å². The summed E-state index contributed by atoms with van der Waals surface area (Å²) in [6.45, 7) is 5.29. The Balaban J connectivity index is 3.03. The zero-order chi connectivity index (χ0) is 10.7. The fourth-order valence-electron chi connectivity index (χ4n) is 1.46. The lowest BCUT2D eigenvalue weighted by molar-refractivity contribution is -0.115. The van der Waals surface area contributed by atoms with Crippen molar-refractivity contribution in [2.75, 3.05) is 0 Å². The fraction of sp³-hybridized carbons (Fsp3) is 0.333. The van der Waals surface area contributed by atoms with E-state index in [4.69, 9.17) is 0 Å². The van der Waals surface area contributed by atoms with Crippen LogP contribution in [0.15, 0.2) is 34.9 Å². The van der Waals surface area contributed by atoms with Crippen molar-refractivity contribution in [3.05, 3.63) is 34.9 Å². The van der Waals surface area contributed by atoms with Gasteiger partial charge in [-0.05, 0) is 33.3 Å². The first-order chi connectivity index (χ1) is 6.57. The molecule has 0 saturated heterocycles. The Labute approximate surface area is 84.0 Å². The molecule has 0 bridgehead atoms. The second kappa shape index (κ2) is 4.18. The molecule has 0 aromatic carbocycles. The van der Waals surface area contributed by atoms with Gasteiger partial charge < -0.3 is 0 Å². The molecular formula is C12H14O2. The first kappa shape index (κ1) is 10.6. The van der Waals surface area contributed by atoms with Gasteiger partial charge in [0.25, 0.3) is 0 Å². The molecule has 0 unspecified atom stereocenters. The molecular weight excluding hydrogens is 176 g/mol. The van der Waals surface area contributed by atoms with E-state index in [9.17, 15) is 9.59 Å². The molecule has 0 saturated carbocycles. The van der Waals surface area contributed by atoms with E-state index < -0.39 is 0 Å². The Morgan fingerprint density at radius 1 is 1.29 bits per heavy atom. The van der Waals surface area contributed by atoms with Crippen LogP contribution in [0, 0.1) is 0 Å². The molecule has 1 aliphatic carbocycles. The number of carbonyl (C=O) groups excluding carboxylic acids is 2. The van der Waals surface area contributed by atoms with Crippen molar-refractivity contribution in [3.8, 4) is 0 Å². The highest BCUT2D eigenvalue weighted by Gasteiger charge is 2.21. The Bertz CT molecular complexity index is 368. The highest BCUT2D eigenvalue weighted by molar-refractivity contribution is 6.22. The largest absolute Gasteiger partial charge is 0.290 e. The van der Waals surface area contributed by atoms with Crippen LogP contribution in [0.5, 0.6) is 0 Å². The highest BCUT2D eigenvalue weighted by Crippen LogP contribution is 2.21. The molecule has 14 heavy (non-hydrogen) atoms. The van der Waals surface area contributed by atoms with E-state index in [-0.39, 0.29) is 11.6 Å². The normalized spacial score (nSPS) is 18.1. The summed E-state index contributed by atoms with van der Waals surface area (Å²) < 4.78 is 0. The summed E-state index contributed by atoms with van der Waals surface area (Å²) in [5.74, 6) is -0.0400. The van der Waals surface area contributed by atoms with Crippen LogP contribution in [-0.2, 0) is 9.59 Å². The van der Waals surface area contributed by atoms with E-state index in [1.165, 1.54) is 6.08 Å². The van der Waals surface area contributed by atoms with Gasteiger partial charge in [0, 0.05) is 16.7 Å². The Kier molecular flexibility index (Phi) is 3.18. The van der Waals surface area contributed by atoms with Gasteiger partial charge in [-0.1, -0.05) is 12.2 Å². The zero-order valence-electron chi connectivity index (χ0n) is 8.76. The minimum Gasteiger partial charge on any atom is -0.290 e. The third-order valence-electron chi connectivity index (χ3n) is 2.35. The summed E-state index contributed by atoms with van der Waals surface area (Å²) in [6, 6.07) is 0. The standard InChI is InChI=1S/C12H14O2/c1-4-5-6-10-9(3)12(14)8(2)7-11(10)13/h4-5,7H,6H2,1-3H3. The van der Waals surface area contributed by atoms with E-state index in [0.717, 1.165) is 0 Å². The average molecular weight is 190 g/mol. The van der Waals surface area contributed by atoms with Crippen LogP contribution in [0.3, 0.4) is 0 Å². The van der Waals surface area contributed by atoms with Crippen molar-refractivity contribution < 1.29 is 9.59 Å². The topological polar surface area (TPSA) is 34.1 Å². The molecule has 1 aliphatic rings. The fourth-order valence-corrected chi connectivity index (χ4v) is 1.46. The number of rotatable bonds is 2. The maximum atomic E-state index is 11.5. The van der Waals surface area contributed by atoms with E-state index >= 15 is 0 Å². The summed E-state index contributed by atoms with van der Waals surface area (Å²) >= 11 is 0. The predicted octanol–water partition coefficient (Wildman–Crippen LogP) is 2.37. The van der Waals surface area contributed by atoms with Crippen LogP contribution < -0.4 is 0 Å². The number of hydrogen-bond donors (Lipinski definition) is 0. The summed E-state index contributed by atoms with van der Waals surface area (Å²) in [5, 5.41) is 0. The van der Waals surface area contributed by atoms with Crippen molar-refractivity contribution >= 4 is 11.6 Å². The van der Waals surface area contributed by atoms with Gasteiger partial charge in [-0.25, -0.2) is 0 Å². The van der Waals surface area contributed by atoms with Gasteiger partial charge in [0.15, 0.2) is 11.6 Å². The quantitative estimate of drug-likeness (QED) is 0.495. The highest BCUT2D eigenvalue weighted by atomic mass is 16.1. The minimum atomic E-state index is -0.0299. The van der Waals surface area contributed by atoms with Gasteiger partial charge in [-0.15, -0.1) is 0 Å². The van der Waals surface area contributed by atoms with Crippen LogP contribution in [-0.4, -0.2) is 11.6 Å². The van der Waals surface area contributed by atoms with Crippen LogP contribution >= 0.6 is 0 Å². The summed E-state index contributed by atoms with van der Waals surface area (Å²) in [6.07, 6.45) is 5.74. The van der Waals surface area contributed by atoms with Crippen molar-refractivity contribution in [1.82, 2.24) is 0 Å². The van der Waals surface area contributed by atoms with E-state index in [0.29, 0.717) is 23.1 Å². The number of ketones is 2. The second-order valence-electron chi connectivity index (χ2n) is 3.40. The van der Waals surface area contributed by atoms with Gasteiger partial charge >= 0.3 is 0 Å². The molecule has 1 rings (SSSR count). The molecule has 0 fully saturated rings. The van der Waals surface area contributed by atoms with Crippen molar-refractivity contribution in [2.45, 2.75) is 27.2 Å². The lowest BCUT2D eigenvalue weighted by Gasteiger charge is -2.12. The maximum Gasteiger partial charge on any atom is 0.184 e. The number of hydrogen-bond acceptors (Lipinski definition) is 2. The van der Waals surface area contributed by atoms with Gasteiger partial charge in [0.05, 0.1) is 0 Å². The Morgan fingerprint density at radius 2 is 1.93 bits per heavy atom. The monoisotopic (exact) mass is 190 g/mol. The smallest absolute Gasteiger partial charge is 0.184 e. The maximum absolute atomic E-state index is 11.5. The van der Waals surface area contributed by atoms with E-state index in [1.807, 2.05) is 19.1 Å². The molecule has 0 N–H and O–H groups in total. The number of Topliss-reactive ketones (excluding diaryl/α,β-unsaturated/α-hetero) is 1. The molecule has 0 atom stereocenters. The van der Waals surface area contributed by atoms with Crippen molar-refractivity contribution in [1.29, 1.82) is 0 Å². The van der Waals surface area contributed by atoms with Gasteiger partial charge in [-0.3, -0.25) is 9.59 Å². The van der Waals surface area contributed by atoms with Crippen LogP contribution in [0.1, 0.15) is 27.2 Å². The molecule has 0 spiro atoms. The Hall–Kier alpha value is -1.44. The van der Waals surface area contributed by atoms with E-state index in [1.54, 1.807) is 13.8 Å². The predicted molar refractivity (Wildman–Crippen MR) is 55.9 cm³/mol. The summed E-state index contributed by atoms with van der Waals surface area (Å²) in [4.78, 5) is 23.1. The van der Waals surface area contributed by atoms with Crippen LogP contribution in [0.25, 0.3) is 0 Å². The minimum absolute atomic E-state index is 0.0101. The third-order valence-corrected chi connectivity index (χ3v) is 2.35. The first-order valence-corrected chi connectivity index (χ1v) is 4.66. The first-order valence-electron chi connectivity index (χ1n) is 4.66. The molecule has 0 radical (unpaired) electrons.